The van der Waals surface area contributed by atoms with Crippen molar-refractivity contribution in [2.75, 3.05) is 6.54 Å². The maximum Gasteiger partial charge on any atom is 0.339 e. The lowest BCUT2D eigenvalue weighted by Crippen LogP contribution is -2.39. The Kier molecular flexibility index (Phi) is 13.9. The lowest BCUT2D eigenvalue weighted by Gasteiger charge is -2.10. The van der Waals surface area contributed by atoms with Gasteiger partial charge in [0.1, 0.15) is 0 Å². The number of carbonyl (C=O) groups is 1. The Labute approximate surface area is 111 Å². The van der Waals surface area contributed by atoms with E-state index in [-0.39, 0.29) is 6.42 Å². The van der Waals surface area contributed by atoms with Crippen LogP contribution in [-0.2, 0) is 9.78 Å². The molecule has 2 unspecified atom stereocenters. The molecule has 9 nitrogen and oxygen atoms in total. The molecule has 0 fully saturated rings. The highest BCUT2D eigenvalue weighted by molar-refractivity contribution is 5.72. The quantitative estimate of drug-likeness (QED) is 0.209. The lowest BCUT2D eigenvalue weighted by molar-refractivity contribution is -0.532. The van der Waals surface area contributed by atoms with Crippen LogP contribution in [0.4, 0.5) is 0 Å². The Morgan fingerprint density at radius 3 is 2.32 bits per heavy atom. The fourth-order valence-electron chi connectivity index (χ4n) is 1.13. The van der Waals surface area contributed by atoms with Gasteiger partial charge in [0, 0.05) is 17.9 Å². The predicted octanol–water partition coefficient (Wildman–Crippen LogP) is 0.658. The van der Waals surface area contributed by atoms with Crippen LogP contribution in [0.25, 0.3) is 0 Å². The molecule has 0 aliphatic carbocycles. The third-order valence-electron chi connectivity index (χ3n) is 2.17. The third-order valence-corrected chi connectivity index (χ3v) is 2.17. The number of hydrogen-bond donors (Lipinski definition) is 4. The van der Waals surface area contributed by atoms with Crippen molar-refractivity contribution >= 4 is 5.97 Å². The minimum atomic E-state index is -1.90. The number of nitrogens with zero attached hydrogens (tertiary/aromatic N) is 1. The Balaban J connectivity index is 0. The number of rotatable bonds is 9. The molecule has 0 bridgehead atoms. The van der Waals surface area contributed by atoms with Gasteiger partial charge in [0.05, 0.1) is 0 Å². The molecule has 0 spiro atoms. The van der Waals surface area contributed by atoms with Crippen LogP contribution < -0.4 is 5.48 Å². The van der Waals surface area contributed by atoms with Crippen LogP contribution in [0.5, 0.6) is 0 Å². The van der Waals surface area contributed by atoms with Gasteiger partial charge in [-0.25, -0.2) is 10.1 Å². The van der Waals surface area contributed by atoms with Crippen LogP contribution in [0.3, 0.4) is 0 Å². The van der Waals surface area contributed by atoms with E-state index < -0.39 is 23.0 Å². The first-order valence-electron chi connectivity index (χ1n) is 5.99. The van der Waals surface area contributed by atoms with Gasteiger partial charge >= 0.3 is 5.97 Å². The number of nitro groups is 1. The summed E-state index contributed by atoms with van der Waals surface area (Å²) >= 11 is 0. The van der Waals surface area contributed by atoms with E-state index >= 15 is 0 Å². The van der Waals surface area contributed by atoms with E-state index in [1.54, 1.807) is 6.92 Å². The Morgan fingerprint density at radius 1 is 1.42 bits per heavy atom. The molecule has 4 N–H and O–H groups in total. The average molecular weight is 282 g/mol. The van der Waals surface area contributed by atoms with Crippen molar-refractivity contribution in [1.29, 1.82) is 0 Å². The predicted molar refractivity (Wildman–Crippen MR) is 66.0 cm³/mol. The second kappa shape index (κ2) is 13.1. The van der Waals surface area contributed by atoms with Crippen molar-refractivity contribution in [3.05, 3.63) is 10.1 Å². The normalized spacial score (nSPS) is 13.1. The topological polar surface area (TPSA) is 142 Å². The number of carboxylic acid groups (broad SMARTS) is 1. The molecular weight excluding hydrogens is 260 g/mol. The van der Waals surface area contributed by atoms with E-state index in [0.29, 0.717) is 13.0 Å². The highest BCUT2D eigenvalue weighted by Gasteiger charge is 2.34. The molecule has 0 saturated carbocycles. The fraction of sp³-hybridized carbons (Fsp3) is 0.900. The molecule has 2 atom stereocenters. The van der Waals surface area contributed by atoms with E-state index in [1.807, 2.05) is 0 Å². The monoisotopic (exact) mass is 282 g/mol. The van der Waals surface area contributed by atoms with Gasteiger partial charge in [0.25, 0.3) is 0 Å². The van der Waals surface area contributed by atoms with E-state index in [4.69, 9.17) is 15.5 Å². The molecule has 0 amide bonds. The van der Waals surface area contributed by atoms with Crippen LogP contribution in [0, 0.1) is 10.1 Å². The van der Waals surface area contributed by atoms with Crippen LogP contribution in [0.1, 0.15) is 39.5 Å². The van der Waals surface area contributed by atoms with Gasteiger partial charge in [-0.15, -0.1) is 4.99 Å². The summed E-state index contributed by atoms with van der Waals surface area (Å²) in [4.78, 5) is 23.2. The molecule has 0 aromatic carbocycles. The van der Waals surface area contributed by atoms with Crippen molar-refractivity contribution in [3.63, 3.8) is 0 Å². The molecule has 114 valence electrons. The number of hydroxylamine groups is 1. The van der Waals surface area contributed by atoms with Crippen molar-refractivity contribution in [1.82, 2.24) is 5.48 Å². The molecule has 0 heterocycles. The van der Waals surface area contributed by atoms with Crippen LogP contribution in [0.2, 0.25) is 0 Å². The molecule has 0 radical (unpaired) electrons. The maximum atomic E-state index is 10.2. The second-order valence-electron chi connectivity index (χ2n) is 3.76. The Morgan fingerprint density at radius 2 is 2.00 bits per heavy atom. The number of hydrogen-bond acceptors (Lipinski definition) is 7. The highest BCUT2D eigenvalue weighted by Crippen LogP contribution is 2.06. The van der Waals surface area contributed by atoms with Crippen LogP contribution >= 0.6 is 0 Å². The standard InChI is InChI=1S/C6H11NO5.C4H11NO2/c1-2-3-4(7(11)12)5(8)6(9)10;1-2-3-4-5-7-6/h4-5,8H,2-3H2,1H3,(H,9,10);5-6H,2-4H2,1H3. The molecule has 0 aliphatic heterocycles. The summed E-state index contributed by atoms with van der Waals surface area (Å²) in [5.74, 6) is -1.55. The van der Waals surface area contributed by atoms with Crippen molar-refractivity contribution < 1.29 is 30.2 Å². The summed E-state index contributed by atoms with van der Waals surface area (Å²) in [6.45, 7) is 4.47. The summed E-state index contributed by atoms with van der Waals surface area (Å²) in [5, 5.41) is 35.0. The molecule has 0 aliphatic rings. The third kappa shape index (κ3) is 11.5. The van der Waals surface area contributed by atoms with E-state index in [1.165, 1.54) is 0 Å². The molecule has 0 aromatic heterocycles. The van der Waals surface area contributed by atoms with E-state index in [9.17, 15) is 14.9 Å². The van der Waals surface area contributed by atoms with Crippen molar-refractivity contribution in [3.8, 4) is 0 Å². The first-order valence-corrected chi connectivity index (χ1v) is 5.99. The smallest absolute Gasteiger partial charge is 0.339 e. The van der Waals surface area contributed by atoms with Crippen LogP contribution in [-0.4, -0.2) is 45.1 Å². The summed E-state index contributed by atoms with van der Waals surface area (Å²) in [6, 6.07) is -1.40. The van der Waals surface area contributed by atoms with E-state index in [2.05, 4.69) is 17.4 Å². The summed E-state index contributed by atoms with van der Waals surface area (Å²) in [6.07, 6.45) is 0.771. The second-order valence-corrected chi connectivity index (χ2v) is 3.76. The Hall–Kier alpha value is -1.29. The number of aliphatic hydroxyl groups is 1. The minimum absolute atomic E-state index is 0.0699. The maximum absolute atomic E-state index is 10.2. The summed E-state index contributed by atoms with van der Waals surface area (Å²) in [7, 11) is 0. The lowest BCUT2D eigenvalue weighted by atomic mass is 10.1. The number of nitrogens with one attached hydrogen (secondary N) is 1. The largest absolute Gasteiger partial charge is 0.479 e. The zero-order valence-electron chi connectivity index (χ0n) is 11.1. The van der Waals surface area contributed by atoms with Gasteiger partial charge in [-0.2, -0.15) is 5.48 Å². The van der Waals surface area contributed by atoms with Crippen molar-refractivity contribution in [2.45, 2.75) is 51.7 Å². The van der Waals surface area contributed by atoms with Gasteiger partial charge in [0.2, 0.25) is 12.1 Å². The molecular formula is C10H22N2O7. The van der Waals surface area contributed by atoms with Gasteiger partial charge < -0.3 is 10.2 Å². The summed E-state index contributed by atoms with van der Waals surface area (Å²) < 4.78 is 0. The van der Waals surface area contributed by atoms with Gasteiger partial charge in [-0.1, -0.05) is 20.3 Å². The van der Waals surface area contributed by atoms with Crippen molar-refractivity contribution in [2.24, 2.45) is 0 Å². The SMILES string of the molecule is CCCC(C(O)C(=O)O)[N+](=O)[O-].CCCCNOO. The van der Waals surface area contributed by atoms with E-state index in [0.717, 1.165) is 12.8 Å². The fourth-order valence-corrected chi connectivity index (χ4v) is 1.13. The average Bonchev–Trinajstić information content (AvgIpc) is 2.36. The molecule has 0 saturated heterocycles. The number of aliphatic hydroxyl groups excluding tert-OH is 1. The molecule has 9 heteroatoms. The molecule has 0 rings (SSSR count). The summed E-state index contributed by atoms with van der Waals surface area (Å²) in [5.41, 5.74) is 2.30. The highest BCUT2D eigenvalue weighted by atomic mass is 17.2. The molecule has 19 heavy (non-hydrogen) atoms. The molecule has 0 aromatic rings. The number of unbranched alkanes of at least 4 members (excludes halogenated alkanes) is 1. The zero-order valence-corrected chi connectivity index (χ0v) is 11.1. The first-order chi connectivity index (χ1) is 8.92. The number of carboxylic acids is 1. The van der Waals surface area contributed by atoms with Gasteiger partial charge in [-0.3, -0.25) is 10.1 Å². The van der Waals surface area contributed by atoms with Gasteiger partial charge in [0.15, 0.2) is 0 Å². The van der Waals surface area contributed by atoms with Crippen LogP contribution in [0.15, 0.2) is 0 Å². The van der Waals surface area contributed by atoms with Gasteiger partial charge in [-0.05, 0) is 12.8 Å². The zero-order chi connectivity index (χ0) is 15.3. The minimum Gasteiger partial charge on any atom is -0.479 e. The number of aliphatic carboxylic acids is 1. The Bertz CT molecular complexity index is 246. The first kappa shape index (κ1) is 20.0.